The summed E-state index contributed by atoms with van der Waals surface area (Å²) in [5, 5.41) is 18.3. The normalized spacial score (nSPS) is 34.0. The Kier molecular flexibility index (Phi) is 5.16. The van der Waals surface area contributed by atoms with Gasteiger partial charge in [0.05, 0.1) is 24.7 Å². The number of aliphatic hydroxyl groups is 2. The zero-order chi connectivity index (χ0) is 19.0. The van der Waals surface area contributed by atoms with Gasteiger partial charge in [-0.15, -0.1) is 0 Å². The fourth-order valence-electron chi connectivity index (χ4n) is 4.35. The lowest BCUT2D eigenvalue weighted by Crippen LogP contribution is -2.36. The van der Waals surface area contributed by atoms with Gasteiger partial charge in [-0.25, -0.2) is 9.59 Å². The van der Waals surface area contributed by atoms with E-state index in [0.29, 0.717) is 12.0 Å². The van der Waals surface area contributed by atoms with E-state index in [2.05, 4.69) is 19.2 Å². The molecule has 0 amide bonds. The molecule has 0 unspecified atom stereocenters. The number of hydrogen-bond acceptors (Lipinski definition) is 6. The van der Waals surface area contributed by atoms with Gasteiger partial charge in [-0.3, -0.25) is 0 Å². The van der Waals surface area contributed by atoms with Crippen molar-refractivity contribution in [3.05, 3.63) is 47.6 Å². The number of fused-ring (bicyclic) bond motifs is 3. The highest BCUT2D eigenvalue weighted by Gasteiger charge is 2.54. The molecule has 0 radical (unpaired) electrons. The summed E-state index contributed by atoms with van der Waals surface area (Å²) in [6, 6.07) is 0. The summed E-state index contributed by atoms with van der Waals surface area (Å²) in [5.74, 6) is -1.46. The summed E-state index contributed by atoms with van der Waals surface area (Å²) < 4.78 is 11.2. The molecule has 1 heterocycles. The van der Waals surface area contributed by atoms with Crippen molar-refractivity contribution >= 4 is 11.9 Å². The number of carbonyl (C=O) groups excluding carboxylic acids is 2. The molecule has 2 fully saturated rings. The van der Waals surface area contributed by atoms with Crippen LogP contribution in [0.15, 0.2) is 47.6 Å². The second kappa shape index (κ2) is 7.21. The highest BCUT2D eigenvalue weighted by atomic mass is 16.6. The van der Waals surface area contributed by atoms with Crippen LogP contribution in [0.25, 0.3) is 0 Å². The van der Waals surface area contributed by atoms with Gasteiger partial charge < -0.3 is 19.7 Å². The second-order valence-electron chi connectivity index (χ2n) is 7.11. The van der Waals surface area contributed by atoms with Crippen LogP contribution in [0, 0.1) is 17.8 Å². The van der Waals surface area contributed by atoms with Gasteiger partial charge in [0.2, 0.25) is 0 Å². The Bertz CT molecular complexity index is 716. The van der Waals surface area contributed by atoms with Gasteiger partial charge in [0.1, 0.15) is 12.2 Å². The number of ether oxygens (including phenoxy) is 2. The molecule has 6 heteroatoms. The van der Waals surface area contributed by atoms with Crippen molar-refractivity contribution < 1.29 is 29.3 Å². The Morgan fingerprint density at radius 2 is 2.12 bits per heavy atom. The first-order valence-electron chi connectivity index (χ1n) is 8.74. The Balaban J connectivity index is 1.92. The van der Waals surface area contributed by atoms with E-state index in [1.807, 2.05) is 6.92 Å². The Morgan fingerprint density at radius 3 is 2.77 bits per heavy atom. The van der Waals surface area contributed by atoms with E-state index in [4.69, 9.17) is 14.6 Å². The number of carbonyl (C=O) groups is 2. The maximum absolute atomic E-state index is 12.4. The average molecular weight is 360 g/mol. The molecule has 0 aromatic rings. The topological polar surface area (TPSA) is 93.1 Å². The third-order valence-corrected chi connectivity index (χ3v) is 5.69. The first-order valence-corrected chi connectivity index (χ1v) is 8.74. The van der Waals surface area contributed by atoms with Crippen LogP contribution in [0.1, 0.15) is 19.8 Å². The maximum atomic E-state index is 12.4. The molecule has 2 N–H and O–H groups in total. The lowest BCUT2D eigenvalue weighted by atomic mass is 9.80. The highest BCUT2D eigenvalue weighted by Crippen LogP contribution is 2.50. The first-order chi connectivity index (χ1) is 12.4. The van der Waals surface area contributed by atoms with Gasteiger partial charge in [0, 0.05) is 17.9 Å². The van der Waals surface area contributed by atoms with Crippen molar-refractivity contribution in [2.24, 2.45) is 17.8 Å². The molecule has 140 valence electrons. The molecular weight excluding hydrogens is 336 g/mol. The smallest absolute Gasteiger partial charge is 0.336 e. The van der Waals surface area contributed by atoms with E-state index in [9.17, 15) is 14.7 Å². The maximum Gasteiger partial charge on any atom is 0.336 e. The first kappa shape index (κ1) is 18.6. The molecule has 3 aliphatic rings. The monoisotopic (exact) mass is 360 g/mol. The lowest BCUT2D eigenvalue weighted by molar-refractivity contribution is -0.148. The summed E-state index contributed by atoms with van der Waals surface area (Å²) in [6.45, 7) is 9.15. The standard InChI is InChI=1S/C20H24O6/c1-10-4-5-14-11(2)8-15(25-20(24)13(9-22)6-7-21)17-12(3)19(23)26-18(17)16(10)14/h4,6,14-18,21-22H,2-3,5,7-9H2,1H3/b13-6+/t14-,15+,16-,17+,18+/m0/s1. The van der Waals surface area contributed by atoms with Crippen molar-refractivity contribution in [3.8, 4) is 0 Å². The Morgan fingerprint density at radius 1 is 1.38 bits per heavy atom. The number of rotatable bonds is 4. The van der Waals surface area contributed by atoms with Gasteiger partial charge in [0.15, 0.2) is 0 Å². The molecule has 1 saturated carbocycles. The van der Waals surface area contributed by atoms with E-state index < -0.39 is 36.7 Å². The minimum Gasteiger partial charge on any atom is -0.458 e. The number of esters is 2. The predicted octanol–water partition coefficient (Wildman–Crippen LogP) is 1.45. The zero-order valence-electron chi connectivity index (χ0n) is 14.8. The van der Waals surface area contributed by atoms with E-state index >= 15 is 0 Å². The number of allylic oxidation sites excluding steroid dienone is 1. The molecule has 6 nitrogen and oxygen atoms in total. The molecule has 0 aromatic heterocycles. The molecule has 3 rings (SSSR count). The summed E-state index contributed by atoms with van der Waals surface area (Å²) >= 11 is 0. The van der Waals surface area contributed by atoms with Crippen molar-refractivity contribution in [1.29, 1.82) is 0 Å². The summed E-state index contributed by atoms with van der Waals surface area (Å²) in [4.78, 5) is 24.5. The third kappa shape index (κ3) is 3.04. The minimum absolute atomic E-state index is 0.0182. The molecule has 2 aliphatic carbocycles. The molecule has 1 aliphatic heterocycles. The van der Waals surface area contributed by atoms with E-state index in [1.54, 1.807) is 0 Å². The SMILES string of the molecule is C=C1C(=O)O[C@@H]2[C@H]3C(C)=CC[C@H]3C(=C)C[C@@H](OC(=O)/C(=C/CO)CO)[C@@H]12. The molecule has 0 spiro atoms. The Labute approximate surface area is 152 Å². The van der Waals surface area contributed by atoms with Gasteiger partial charge in [0.25, 0.3) is 0 Å². The van der Waals surface area contributed by atoms with Crippen molar-refractivity contribution in [3.63, 3.8) is 0 Å². The zero-order valence-corrected chi connectivity index (χ0v) is 14.8. The Hall–Kier alpha value is -2.18. The fraction of sp³-hybridized carbons (Fsp3) is 0.500. The van der Waals surface area contributed by atoms with Gasteiger partial charge >= 0.3 is 11.9 Å². The molecular formula is C20H24O6. The van der Waals surface area contributed by atoms with Crippen LogP contribution >= 0.6 is 0 Å². The van der Waals surface area contributed by atoms with E-state index in [-0.39, 0.29) is 24.0 Å². The number of aliphatic hydroxyl groups excluding tert-OH is 2. The quantitative estimate of drug-likeness (QED) is 0.448. The highest BCUT2D eigenvalue weighted by molar-refractivity contribution is 5.92. The summed E-state index contributed by atoms with van der Waals surface area (Å²) in [5.41, 5.74) is 2.39. The van der Waals surface area contributed by atoms with Crippen LogP contribution in [-0.2, 0) is 19.1 Å². The van der Waals surface area contributed by atoms with E-state index in [0.717, 1.165) is 17.6 Å². The minimum atomic E-state index is -0.718. The summed E-state index contributed by atoms with van der Waals surface area (Å²) in [7, 11) is 0. The molecule has 26 heavy (non-hydrogen) atoms. The van der Waals surface area contributed by atoms with Gasteiger partial charge in [-0.2, -0.15) is 0 Å². The predicted molar refractivity (Wildman–Crippen MR) is 93.8 cm³/mol. The molecule has 5 atom stereocenters. The molecule has 0 bridgehead atoms. The average Bonchev–Trinajstić information content (AvgIpc) is 3.08. The number of hydrogen-bond donors (Lipinski definition) is 2. The van der Waals surface area contributed by atoms with Crippen LogP contribution in [-0.4, -0.2) is 47.6 Å². The van der Waals surface area contributed by atoms with Crippen molar-refractivity contribution in [2.75, 3.05) is 13.2 Å². The van der Waals surface area contributed by atoms with E-state index in [1.165, 1.54) is 6.08 Å². The van der Waals surface area contributed by atoms with Crippen LogP contribution in [0.2, 0.25) is 0 Å². The van der Waals surface area contributed by atoms with Crippen molar-refractivity contribution in [1.82, 2.24) is 0 Å². The summed E-state index contributed by atoms with van der Waals surface area (Å²) in [6.07, 6.45) is 3.50. The van der Waals surface area contributed by atoms with Crippen LogP contribution in [0.4, 0.5) is 0 Å². The molecule has 1 saturated heterocycles. The van der Waals surface area contributed by atoms with Gasteiger partial charge in [-0.1, -0.05) is 30.4 Å². The largest absolute Gasteiger partial charge is 0.458 e. The van der Waals surface area contributed by atoms with Crippen LogP contribution in [0.5, 0.6) is 0 Å². The van der Waals surface area contributed by atoms with Gasteiger partial charge in [-0.05, 0) is 25.3 Å². The molecule has 0 aromatic carbocycles. The van der Waals surface area contributed by atoms with Crippen LogP contribution in [0.3, 0.4) is 0 Å². The lowest BCUT2D eigenvalue weighted by Gasteiger charge is -2.28. The van der Waals surface area contributed by atoms with Crippen molar-refractivity contribution in [2.45, 2.75) is 32.0 Å². The second-order valence-corrected chi connectivity index (χ2v) is 7.11. The van der Waals surface area contributed by atoms with Crippen LogP contribution < -0.4 is 0 Å². The fourth-order valence-corrected chi connectivity index (χ4v) is 4.35. The third-order valence-electron chi connectivity index (χ3n) is 5.69.